The fourth-order valence-electron chi connectivity index (χ4n) is 2.72. The van der Waals surface area contributed by atoms with Crippen molar-refractivity contribution < 1.29 is 4.74 Å². The number of ether oxygens (including phenoxy) is 1. The lowest BCUT2D eigenvalue weighted by Gasteiger charge is -2.20. The number of hydrogen-bond donors (Lipinski definition) is 1. The van der Waals surface area contributed by atoms with E-state index in [-0.39, 0.29) is 0 Å². The van der Waals surface area contributed by atoms with E-state index in [1.54, 1.807) is 7.11 Å². The molecule has 0 aromatic heterocycles. The van der Waals surface area contributed by atoms with E-state index in [1.807, 2.05) is 0 Å². The molecule has 2 aliphatic rings. The summed E-state index contributed by atoms with van der Waals surface area (Å²) in [5.74, 6) is 2.70. The fourth-order valence-corrected chi connectivity index (χ4v) is 2.72. The SMILES string of the molecule is COC(=N)[C@@H]1C[C@H]2CC[C@@H]1C2. The van der Waals surface area contributed by atoms with Crippen molar-refractivity contribution in [3.8, 4) is 0 Å². The summed E-state index contributed by atoms with van der Waals surface area (Å²) in [6.45, 7) is 0. The normalized spacial score (nSPS) is 41.0. The smallest absolute Gasteiger partial charge is 0.183 e. The van der Waals surface area contributed by atoms with Crippen molar-refractivity contribution in [2.24, 2.45) is 17.8 Å². The van der Waals surface area contributed by atoms with Crippen molar-refractivity contribution in [3.63, 3.8) is 0 Å². The van der Waals surface area contributed by atoms with E-state index in [9.17, 15) is 0 Å². The van der Waals surface area contributed by atoms with Gasteiger partial charge in [0.05, 0.1) is 7.11 Å². The highest BCUT2D eigenvalue weighted by Crippen LogP contribution is 2.48. The Labute approximate surface area is 67.4 Å². The van der Waals surface area contributed by atoms with Gasteiger partial charge in [0.2, 0.25) is 0 Å². The summed E-state index contributed by atoms with van der Waals surface area (Å²) in [5, 5.41) is 7.57. The molecule has 0 radical (unpaired) electrons. The van der Waals surface area contributed by atoms with E-state index in [4.69, 9.17) is 10.1 Å². The van der Waals surface area contributed by atoms with Gasteiger partial charge in [-0.2, -0.15) is 0 Å². The van der Waals surface area contributed by atoms with Gasteiger partial charge in [-0.1, -0.05) is 6.42 Å². The van der Waals surface area contributed by atoms with Crippen molar-refractivity contribution in [1.82, 2.24) is 0 Å². The van der Waals surface area contributed by atoms with E-state index in [2.05, 4.69) is 0 Å². The summed E-state index contributed by atoms with van der Waals surface area (Å²) in [6.07, 6.45) is 5.31. The molecule has 0 aromatic rings. The molecule has 0 saturated heterocycles. The average molecular weight is 153 g/mol. The van der Waals surface area contributed by atoms with Crippen LogP contribution in [0.1, 0.15) is 25.7 Å². The summed E-state index contributed by atoms with van der Waals surface area (Å²) >= 11 is 0. The van der Waals surface area contributed by atoms with Crippen molar-refractivity contribution in [2.45, 2.75) is 25.7 Å². The molecule has 2 heteroatoms. The first-order chi connectivity index (χ1) is 5.31. The Morgan fingerprint density at radius 2 is 2.18 bits per heavy atom. The predicted octanol–water partition coefficient (Wildman–Crippen LogP) is 2.05. The Morgan fingerprint density at radius 3 is 2.64 bits per heavy atom. The lowest BCUT2D eigenvalue weighted by molar-refractivity contribution is 0.311. The Balaban J connectivity index is 2.02. The summed E-state index contributed by atoms with van der Waals surface area (Å²) in [7, 11) is 1.62. The first kappa shape index (κ1) is 7.14. The number of hydrogen-bond acceptors (Lipinski definition) is 2. The summed E-state index contributed by atoms with van der Waals surface area (Å²) in [5.41, 5.74) is 0. The van der Waals surface area contributed by atoms with E-state index in [1.165, 1.54) is 25.7 Å². The molecule has 1 N–H and O–H groups in total. The monoisotopic (exact) mass is 153 g/mol. The topological polar surface area (TPSA) is 33.1 Å². The van der Waals surface area contributed by atoms with Crippen LogP contribution in [-0.2, 0) is 4.74 Å². The van der Waals surface area contributed by atoms with Gasteiger partial charge in [-0.05, 0) is 31.1 Å². The molecule has 0 heterocycles. The van der Waals surface area contributed by atoms with Crippen LogP contribution in [0.3, 0.4) is 0 Å². The minimum atomic E-state index is 0.471. The second kappa shape index (κ2) is 2.50. The lowest BCUT2D eigenvalue weighted by atomic mass is 9.89. The zero-order chi connectivity index (χ0) is 7.84. The van der Waals surface area contributed by atoms with Crippen molar-refractivity contribution in [1.29, 1.82) is 5.41 Å². The molecule has 0 aliphatic heterocycles. The van der Waals surface area contributed by atoms with Gasteiger partial charge in [-0.15, -0.1) is 0 Å². The quantitative estimate of drug-likeness (QED) is 0.454. The molecule has 11 heavy (non-hydrogen) atoms. The molecular weight excluding hydrogens is 138 g/mol. The molecular formula is C9H15NO. The second-order valence-electron chi connectivity index (χ2n) is 3.85. The fraction of sp³-hybridized carbons (Fsp3) is 0.889. The highest BCUT2D eigenvalue weighted by atomic mass is 16.5. The molecule has 2 fully saturated rings. The zero-order valence-electron chi connectivity index (χ0n) is 6.97. The molecule has 0 amide bonds. The van der Waals surface area contributed by atoms with Gasteiger partial charge in [-0.25, -0.2) is 0 Å². The second-order valence-corrected chi connectivity index (χ2v) is 3.85. The highest BCUT2D eigenvalue weighted by Gasteiger charge is 2.41. The largest absolute Gasteiger partial charge is 0.484 e. The molecule has 0 unspecified atom stereocenters. The standard InChI is InChI=1S/C9H15NO/c1-11-9(10)8-5-6-2-3-7(8)4-6/h6-8,10H,2-5H2,1H3/t6-,7+,8+/m0/s1. The molecule has 3 atom stereocenters. The van der Waals surface area contributed by atoms with E-state index >= 15 is 0 Å². The van der Waals surface area contributed by atoms with Crippen LogP contribution in [0.15, 0.2) is 0 Å². The van der Waals surface area contributed by atoms with Gasteiger partial charge in [0.25, 0.3) is 0 Å². The number of fused-ring (bicyclic) bond motifs is 2. The third kappa shape index (κ3) is 1.05. The van der Waals surface area contributed by atoms with E-state index in [0.717, 1.165) is 11.8 Å². The molecule has 0 spiro atoms. The van der Waals surface area contributed by atoms with Crippen molar-refractivity contribution >= 4 is 5.90 Å². The molecule has 2 nitrogen and oxygen atoms in total. The molecule has 2 rings (SSSR count). The van der Waals surface area contributed by atoms with Gasteiger partial charge in [-0.3, -0.25) is 5.41 Å². The van der Waals surface area contributed by atoms with Crippen LogP contribution in [-0.4, -0.2) is 13.0 Å². The van der Waals surface area contributed by atoms with Crippen LogP contribution in [0.2, 0.25) is 0 Å². The summed E-state index contributed by atoms with van der Waals surface area (Å²) in [6, 6.07) is 0. The zero-order valence-corrected chi connectivity index (χ0v) is 6.97. The van der Waals surface area contributed by atoms with Crippen molar-refractivity contribution in [3.05, 3.63) is 0 Å². The number of rotatable bonds is 1. The minimum Gasteiger partial charge on any atom is -0.484 e. The third-order valence-electron chi connectivity index (χ3n) is 3.29. The number of nitrogens with one attached hydrogen (secondary N) is 1. The van der Waals surface area contributed by atoms with Crippen LogP contribution in [0.4, 0.5) is 0 Å². The van der Waals surface area contributed by atoms with Crippen LogP contribution in [0.5, 0.6) is 0 Å². The van der Waals surface area contributed by atoms with E-state index < -0.39 is 0 Å². The Hall–Kier alpha value is -0.530. The Morgan fingerprint density at radius 1 is 1.36 bits per heavy atom. The maximum Gasteiger partial charge on any atom is 0.183 e. The molecule has 2 bridgehead atoms. The first-order valence-corrected chi connectivity index (χ1v) is 4.43. The third-order valence-corrected chi connectivity index (χ3v) is 3.29. The lowest BCUT2D eigenvalue weighted by Crippen LogP contribution is -2.21. The van der Waals surface area contributed by atoms with Gasteiger partial charge >= 0.3 is 0 Å². The average Bonchev–Trinajstić information content (AvgIpc) is 2.62. The van der Waals surface area contributed by atoms with Gasteiger partial charge in [0, 0.05) is 5.92 Å². The van der Waals surface area contributed by atoms with Gasteiger partial charge < -0.3 is 4.74 Å². The van der Waals surface area contributed by atoms with Gasteiger partial charge in [0.1, 0.15) is 0 Å². The molecule has 0 aromatic carbocycles. The van der Waals surface area contributed by atoms with Crippen LogP contribution < -0.4 is 0 Å². The van der Waals surface area contributed by atoms with Crippen LogP contribution in [0.25, 0.3) is 0 Å². The minimum absolute atomic E-state index is 0.471. The van der Waals surface area contributed by atoms with Gasteiger partial charge in [0.15, 0.2) is 5.90 Å². The summed E-state index contributed by atoms with van der Waals surface area (Å²) < 4.78 is 4.97. The Kier molecular flexibility index (Phi) is 1.63. The molecule has 2 saturated carbocycles. The van der Waals surface area contributed by atoms with E-state index in [0.29, 0.717) is 11.8 Å². The predicted molar refractivity (Wildman–Crippen MR) is 43.7 cm³/mol. The molecule has 2 aliphatic carbocycles. The maximum absolute atomic E-state index is 7.57. The summed E-state index contributed by atoms with van der Waals surface area (Å²) in [4.78, 5) is 0. The number of methoxy groups -OCH3 is 1. The Bertz CT molecular complexity index is 178. The highest BCUT2D eigenvalue weighted by molar-refractivity contribution is 5.76. The maximum atomic E-state index is 7.57. The molecule has 62 valence electrons. The first-order valence-electron chi connectivity index (χ1n) is 4.43. The van der Waals surface area contributed by atoms with Crippen LogP contribution in [0, 0.1) is 23.2 Å². The van der Waals surface area contributed by atoms with Crippen LogP contribution >= 0.6 is 0 Å². The van der Waals surface area contributed by atoms with Crippen molar-refractivity contribution in [2.75, 3.05) is 7.11 Å².